The zero-order chi connectivity index (χ0) is 17.5. The predicted octanol–water partition coefficient (Wildman–Crippen LogP) is 3.27. The Balaban J connectivity index is 1.79. The van der Waals surface area contributed by atoms with Gasteiger partial charge in [-0.3, -0.25) is 14.9 Å². The van der Waals surface area contributed by atoms with Gasteiger partial charge in [-0.15, -0.1) is 0 Å². The first kappa shape index (κ1) is 17.4. The fourth-order valence-corrected chi connectivity index (χ4v) is 2.19. The molecule has 2 N–H and O–H groups in total. The van der Waals surface area contributed by atoms with Crippen LogP contribution in [-0.4, -0.2) is 23.9 Å². The van der Waals surface area contributed by atoms with Crippen molar-refractivity contribution in [2.75, 3.05) is 18.4 Å². The standard InChI is InChI=1S/C17H18FN3O3/c1-12-6-7-15(16(10-12)21(23)24)19-8-3-9-20-17(22)13-4-2-5-14(18)11-13/h2,4-7,10-11,19H,3,8-9H2,1H3,(H,20,22). The van der Waals surface area contributed by atoms with Crippen molar-refractivity contribution in [1.82, 2.24) is 5.32 Å². The molecule has 0 unspecified atom stereocenters. The van der Waals surface area contributed by atoms with Gasteiger partial charge in [-0.25, -0.2) is 4.39 Å². The second kappa shape index (κ2) is 8.05. The number of hydrogen-bond donors (Lipinski definition) is 2. The molecule has 0 aliphatic heterocycles. The highest BCUT2D eigenvalue weighted by atomic mass is 19.1. The van der Waals surface area contributed by atoms with Gasteiger partial charge in [-0.05, 0) is 43.2 Å². The van der Waals surface area contributed by atoms with Crippen LogP contribution in [0.15, 0.2) is 42.5 Å². The minimum Gasteiger partial charge on any atom is -0.379 e. The van der Waals surface area contributed by atoms with Crippen LogP contribution in [0.4, 0.5) is 15.8 Å². The number of aryl methyl sites for hydroxylation is 1. The highest BCUT2D eigenvalue weighted by Crippen LogP contribution is 2.25. The van der Waals surface area contributed by atoms with E-state index in [4.69, 9.17) is 0 Å². The van der Waals surface area contributed by atoms with Gasteiger partial charge in [0.2, 0.25) is 0 Å². The third kappa shape index (κ3) is 4.77. The zero-order valence-corrected chi connectivity index (χ0v) is 13.2. The summed E-state index contributed by atoms with van der Waals surface area (Å²) in [5.41, 5.74) is 1.55. The Kier molecular flexibility index (Phi) is 5.83. The number of hydrogen-bond acceptors (Lipinski definition) is 4. The van der Waals surface area contributed by atoms with Gasteiger partial charge in [0.15, 0.2) is 0 Å². The maximum Gasteiger partial charge on any atom is 0.292 e. The molecule has 7 heteroatoms. The molecule has 2 rings (SSSR count). The summed E-state index contributed by atoms with van der Waals surface area (Å²) < 4.78 is 13.0. The van der Waals surface area contributed by atoms with Crippen LogP contribution < -0.4 is 10.6 Å². The third-order valence-corrected chi connectivity index (χ3v) is 3.39. The smallest absolute Gasteiger partial charge is 0.292 e. The quantitative estimate of drug-likeness (QED) is 0.463. The Morgan fingerprint density at radius 2 is 2.00 bits per heavy atom. The first-order chi connectivity index (χ1) is 11.5. The van der Waals surface area contributed by atoms with Gasteiger partial charge in [0.1, 0.15) is 11.5 Å². The summed E-state index contributed by atoms with van der Waals surface area (Å²) in [5, 5.41) is 16.7. The first-order valence-corrected chi connectivity index (χ1v) is 7.50. The Morgan fingerprint density at radius 1 is 1.21 bits per heavy atom. The van der Waals surface area contributed by atoms with E-state index in [-0.39, 0.29) is 17.2 Å². The van der Waals surface area contributed by atoms with E-state index in [1.54, 1.807) is 19.1 Å². The van der Waals surface area contributed by atoms with Crippen molar-refractivity contribution in [2.45, 2.75) is 13.3 Å². The monoisotopic (exact) mass is 331 g/mol. The number of amides is 1. The number of carbonyl (C=O) groups excluding carboxylic acids is 1. The van der Waals surface area contributed by atoms with Gasteiger partial charge >= 0.3 is 0 Å². The van der Waals surface area contributed by atoms with Crippen molar-refractivity contribution >= 4 is 17.3 Å². The van der Waals surface area contributed by atoms with Gasteiger partial charge in [0.05, 0.1) is 4.92 Å². The van der Waals surface area contributed by atoms with E-state index in [1.807, 2.05) is 0 Å². The van der Waals surface area contributed by atoms with Crippen molar-refractivity contribution in [3.63, 3.8) is 0 Å². The molecular weight excluding hydrogens is 313 g/mol. The molecule has 24 heavy (non-hydrogen) atoms. The van der Waals surface area contributed by atoms with E-state index in [0.29, 0.717) is 25.2 Å². The Bertz CT molecular complexity index is 750. The molecule has 0 aliphatic rings. The molecule has 0 aliphatic carbocycles. The lowest BCUT2D eigenvalue weighted by Crippen LogP contribution is -2.25. The van der Waals surface area contributed by atoms with E-state index in [0.717, 1.165) is 5.56 Å². The molecule has 0 saturated heterocycles. The average molecular weight is 331 g/mol. The molecular formula is C17H18FN3O3. The highest BCUT2D eigenvalue weighted by molar-refractivity contribution is 5.94. The Morgan fingerprint density at radius 3 is 2.71 bits per heavy atom. The molecule has 2 aromatic carbocycles. The van der Waals surface area contributed by atoms with Gasteiger partial charge in [-0.2, -0.15) is 0 Å². The summed E-state index contributed by atoms with van der Waals surface area (Å²) >= 11 is 0. The topological polar surface area (TPSA) is 84.3 Å². The molecule has 0 fully saturated rings. The highest BCUT2D eigenvalue weighted by Gasteiger charge is 2.13. The van der Waals surface area contributed by atoms with E-state index in [1.165, 1.54) is 30.3 Å². The van der Waals surface area contributed by atoms with E-state index in [2.05, 4.69) is 10.6 Å². The molecule has 0 atom stereocenters. The number of halogens is 1. The number of nitro groups is 1. The summed E-state index contributed by atoms with van der Waals surface area (Å²) in [6.07, 6.45) is 0.575. The van der Waals surface area contributed by atoms with Gasteiger partial charge in [0.25, 0.3) is 11.6 Å². The molecule has 2 aromatic rings. The molecule has 0 spiro atoms. The summed E-state index contributed by atoms with van der Waals surface area (Å²) in [6, 6.07) is 10.4. The van der Waals surface area contributed by atoms with Crippen LogP contribution >= 0.6 is 0 Å². The molecule has 126 valence electrons. The van der Waals surface area contributed by atoms with Gasteiger partial charge in [0, 0.05) is 24.7 Å². The van der Waals surface area contributed by atoms with Gasteiger partial charge in [-0.1, -0.05) is 12.1 Å². The molecule has 0 radical (unpaired) electrons. The van der Waals surface area contributed by atoms with Crippen molar-refractivity contribution in [2.24, 2.45) is 0 Å². The van der Waals surface area contributed by atoms with Crippen LogP contribution in [0.3, 0.4) is 0 Å². The molecule has 0 saturated carbocycles. The Labute approximate surface area is 138 Å². The number of nitro benzene ring substituents is 1. The molecule has 0 aromatic heterocycles. The van der Waals surface area contributed by atoms with Crippen molar-refractivity contribution in [1.29, 1.82) is 0 Å². The van der Waals surface area contributed by atoms with E-state index in [9.17, 15) is 19.3 Å². The second-order valence-electron chi connectivity index (χ2n) is 5.32. The molecule has 0 bridgehead atoms. The minimum absolute atomic E-state index is 0.0267. The summed E-state index contributed by atoms with van der Waals surface area (Å²) in [5.74, 6) is -0.813. The van der Waals surface area contributed by atoms with Crippen LogP contribution in [0.25, 0.3) is 0 Å². The van der Waals surface area contributed by atoms with Crippen LogP contribution in [0.5, 0.6) is 0 Å². The van der Waals surface area contributed by atoms with Crippen LogP contribution in [-0.2, 0) is 0 Å². The van der Waals surface area contributed by atoms with Crippen molar-refractivity contribution in [3.05, 3.63) is 69.5 Å². The molecule has 0 heterocycles. The normalized spacial score (nSPS) is 10.2. The van der Waals surface area contributed by atoms with Crippen molar-refractivity contribution < 1.29 is 14.1 Å². The number of anilines is 1. The van der Waals surface area contributed by atoms with Crippen LogP contribution in [0, 0.1) is 22.9 Å². The fourth-order valence-electron chi connectivity index (χ4n) is 2.19. The summed E-state index contributed by atoms with van der Waals surface area (Å²) in [4.78, 5) is 22.4. The van der Waals surface area contributed by atoms with E-state index >= 15 is 0 Å². The second-order valence-corrected chi connectivity index (χ2v) is 5.32. The number of carbonyl (C=O) groups is 1. The van der Waals surface area contributed by atoms with Crippen LogP contribution in [0.2, 0.25) is 0 Å². The number of benzene rings is 2. The predicted molar refractivity (Wildman–Crippen MR) is 89.7 cm³/mol. The lowest BCUT2D eigenvalue weighted by Gasteiger charge is -2.09. The number of nitrogens with one attached hydrogen (secondary N) is 2. The summed E-state index contributed by atoms with van der Waals surface area (Å²) in [7, 11) is 0. The molecule has 1 amide bonds. The maximum atomic E-state index is 13.0. The fraction of sp³-hybridized carbons (Fsp3) is 0.235. The maximum absolute atomic E-state index is 13.0. The average Bonchev–Trinajstić information content (AvgIpc) is 2.55. The lowest BCUT2D eigenvalue weighted by molar-refractivity contribution is -0.384. The molecule has 6 nitrogen and oxygen atoms in total. The SMILES string of the molecule is Cc1ccc(NCCCNC(=O)c2cccc(F)c2)c([N+](=O)[O-])c1. The zero-order valence-electron chi connectivity index (χ0n) is 13.2. The van der Waals surface area contributed by atoms with Gasteiger partial charge < -0.3 is 10.6 Å². The third-order valence-electron chi connectivity index (χ3n) is 3.39. The van der Waals surface area contributed by atoms with Crippen LogP contribution in [0.1, 0.15) is 22.3 Å². The van der Waals surface area contributed by atoms with Crippen molar-refractivity contribution in [3.8, 4) is 0 Å². The number of rotatable bonds is 7. The summed E-state index contributed by atoms with van der Waals surface area (Å²) in [6.45, 7) is 2.63. The Hall–Kier alpha value is -2.96. The minimum atomic E-state index is -0.462. The van der Waals surface area contributed by atoms with E-state index < -0.39 is 10.7 Å². The largest absolute Gasteiger partial charge is 0.379 e. The number of nitrogens with zero attached hydrogens (tertiary/aromatic N) is 1. The first-order valence-electron chi connectivity index (χ1n) is 7.50. The lowest BCUT2D eigenvalue weighted by atomic mass is 10.2.